The van der Waals surface area contributed by atoms with Gasteiger partial charge in [-0.2, -0.15) is 0 Å². The van der Waals surface area contributed by atoms with E-state index >= 15 is 0 Å². The highest BCUT2D eigenvalue weighted by molar-refractivity contribution is 5.35. The minimum Gasteiger partial charge on any atom is -0.271 e. The van der Waals surface area contributed by atoms with Crippen LogP contribution >= 0.6 is 0 Å². The molecule has 0 aromatic heterocycles. The van der Waals surface area contributed by atoms with Crippen molar-refractivity contribution in [1.29, 1.82) is 0 Å². The maximum absolute atomic E-state index is 5.69. The number of benzene rings is 1. The third-order valence-electron chi connectivity index (χ3n) is 3.50. The lowest BCUT2D eigenvalue weighted by atomic mass is 9.93. The second-order valence-corrected chi connectivity index (χ2v) is 5.33. The lowest BCUT2D eigenvalue weighted by molar-refractivity contribution is 0.454. The molecule has 0 bridgehead atoms. The third-order valence-corrected chi connectivity index (χ3v) is 3.50. The van der Waals surface area contributed by atoms with Gasteiger partial charge in [-0.15, -0.1) is 0 Å². The zero-order chi connectivity index (χ0) is 12.8. The van der Waals surface area contributed by atoms with Crippen LogP contribution in [0.2, 0.25) is 0 Å². The molecule has 1 aromatic rings. The fraction of sp³-hybridized carbons (Fsp3) is 0.600. The molecule has 0 heterocycles. The fourth-order valence-corrected chi connectivity index (χ4v) is 2.21. The largest absolute Gasteiger partial charge is 0.271 e. The number of nitrogens with two attached hydrogens (primary N) is 1. The van der Waals surface area contributed by atoms with Crippen LogP contribution in [0.15, 0.2) is 18.2 Å². The highest BCUT2D eigenvalue weighted by Crippen LogP contribution is 2.24. The van der Waals surface area contributed by atoms with Gasteiger partial charge in [-0.1, -0.05) is 44.9 Å². The Morgan fingerprint density at radius 2 is 1.88 bits per heavy atom. The Bertz CT molecular complexity index is 345. The summed E-state index contributed by atoms with van der Waals surface area (Å²) in [7, 11) is 0. The Morgan fingerprint density at radius 1 is 1.18 bits per heavy atom. The summed E-state index contributed by atoms with van der Waals surface area (Å²) in [6.07, 6.45) is 3.60. The quantitative estimate of drug-likeness (QED) is 0.582. The van der Waals surface area contributed by atoms with Gasteiger partial charge in [0.1, 0.15) is 0 Å². The van der Waals surface area contributed by atoms with Gasteiger partial charge < -0.3 is 0 Å². The van der Waals surface area contributed by atoms with E-state index in [1.807, 2.05) is 0 Å². The maximum Gasteiger partial charge on any atom is 0.0462 e. The van der Waals surface area contributed by atoms with Gasteiger partial charge in [0.15, 0.2) is 0 Å². The second kappa shape index (κ2) is 6.77. The summed E-state index contributed by atoms with van der Waals surface area (Å²) >= 11 is 0. The normalized spacial score (nSPS) is 13.1. The predicted molar refractivity (Wildman–Crippen MR) is 74.7 cm³/mol. The van der Waals surface area contributed by atoms with E-state index in [2.05, 4.69) is 51.3 Å². The average molecular weight is 234 g/mol. The van der Waals surface area contributed by atoms with Crippen molar-refractivity contribution in [2.45, 2.75) is 53.0 Å². The lowest BCUT2D eigenvalue weighted by Crippen LogP contribution is -2.28. The molecule has 0 spiro atoms. The summed E-state index contributed by atoms with van der Waals surface area (Å²) in [5.74, 6) is 6.46. The number of nitrogens with one attached hydrogen (secondary N) is 1. The first-order valence-corrected chi connectivity index (χ1v) is 6.58. The van der Waals surface area contributed by atoms with Crippen LogP contribution in [0.5, 0.6) is 0 Å². The van der Waals surface area contributed by atoms with Gasteiger partial charge in [0.2, 0.25) is 0 Å². The Morgan fingerprint density at radius 3 is 2.47 bits per heavy atom. The molecule has 0 amide bonds. The Kier molecular flexibility index (Phi) is 5.66. The van der Waals surface area contributed by atoms with E-state index in [-0.39, 0.29) is 6.04 Å². The maximum atomic E-state index is 5.69. The van der Waals surface area contributed by atoms with Gasteiger partial charge in [-0.25, -0.2) is 0 Å². The molecule has 96 valence electrons. The van der Waals surface area contributed by atoms with E-state index in [9.17, 15) is 0 Å². The number of hydrogen-bond donors (Lipinski definition) is 2. The van der Waals surface area contributed by atoms with Crippen molar-refractivity contribution in [3.8, 4) is 0 Å². The molecule has 2 nitrogen and oxygen atoms in total. The van der Waals surface area contributed by atoms with Gasteiger partial charge in [0.25, 0.3) is 0 Å². The topological polar surface area (TPSA) is 38.0 Å². The lowest BCUT2D eigenvalue weighted by Gasteiger charge is -2.20. The smallest absolute Gasteiger partial charge is 0.0462 e. The van der Waals surface area contributed by atoms with Crippen molar-refractivity contribution < 1.29 is 0 Å². The molecule has 1 atom stereocenters. The van der Waals surface area contributed by atoms with Crippen LogP contribution in [0.25, 0.3) is 0 Å². The van der Waals surface area contributed by atoms with Crippen LogP contribution in [0, 0.1) is 19.8 Å². The molecule has 0 aliphatic heterocycles. The first kappa shape index (κ1) is 14.2. The second-order valence-electron chi connectivity index (χ2n) is 5.33. The predicted octanol–water partition coefficient (Wildman–Crippen LogP) is 3.63. The summed E-state index contributed by atoms with van der Waals surface area (Å²) in [6, 6.07) is 6.74. The standard InChI is InChI=1S/C15H26N2/c1-11(2)7-5-10-15(17-16)14-9-6-8-12(3)13(14)4/h6,8-9,11,15,17H,5,7,10,16H2,1-4H3. The van der Waals surface area contributed by atoms with E-state index < -0.39 is 0 Å². The molecule has 1 aromatic carbocycles. The SMILES string of the molecule is Cc1cccc(C(CCCC(C)C)NN)c1C. The molecule has 1 rings (SSSR count). The fourth-order valence-electron chi connectivity index (χ4n) is 2.21. The number of rotatable bonds is 6. The van der Waals surface area contributed by atoms with E-state index in [1.165, 1.54) is 29.5 Å². The molecule has 0 radical (unpaired) electrons. The highest BCUT2D eigenvalue weighted by atomic mass is 15.2. The van der Waals surface area contributed by atoms with Gasteiger partial charge in [-0.05, 0) is 42.9 Å². The molecular formula is C15H26N2. The van der Waals surface area contributed by atoms with Crippen LogP contribution in [-0.4, -0.2) is 0 Å². The summed E-state index contributed by atoms with van der Waals surface area (Å²) in [5.41, 5.74) is 7.00. The number of hydrazine groups is 1. The molecule has 17 heavy (non-hydrogen) atoms. The van der Waals surface area contributed by atoms with Crippen molar-refractivity contribution in [2.75, 3.05) is 0 Å². The van der Waals surface area contributed by atoms with E-state index in [0.29, 0.717) is 0 Å². The number of hydrogen-bond acceptors (Lipinski definition) is 2. The van der Waals surface area contributed by atoms with Gasteiger partial charge >= 0.3 is 0 Å². The Labute approximate surface area is 106 Å². The molecule has 0 aliphatic carbocycles. The summed E-state index contributed by atoms with van der Waals surface area (Å²) in [6.45, 7) is 8.86. The molecule has 0 aliphatic rings. The zero-order valence-electron chi connectivity index (χ0n) is 11.6. The third kappa shape index (κ3) is 4.14. The Hall–Kier alpha value is -0.860. The van der Waals surface area contributed by atoms with Crippen molar-refractivity contribution in [3.05, 3.63) is 34.9 Å². The monoisotopic (exact) mass is 234 g/mol. The van der Waals surface area contributed by atoms with E-state index in [4.69, 9.17) is 5.84 Å². The van der Waals surface area contributed by atoms with E-state index in [1.54, 1.807) is 0 Å². The first-order chi connectivity index (χ1) is 8.06. The zero-order valence-corrected chi connectivity index (χ0v) is 11.6. The highest BCUT2D eigenvalue weighted by Gasteiger charge is 2.12. The Balaban J connectivity index is 2.69. The van der Waals surface area contributed by atoms with Crippen LogP contribution < -0.4 is 11.3 Å². The molecule has 0 saturated heterocycles. The summed E-state index contributed by atoms with van der Waals surface area (Å²) < 4.78 is 0. The van der Waals surface area contributed by atoms with Gasteiger partial charge in [0, 0.05) is 6.04 Å². The van der Waals surface area contributed by atoms with Gasteiger partial charge in [-0.3, -0.25) is 11.3 Å². The first-order valence-electron chi connectivity index (χ1n) is 6.58. The molecule has 3 N–H and O–H groups in total. The van der Waals surface area contributed by atoms with Crippen LogP contribution in [0.3, 0.4) is 0 Å². The van der Waals surface area contributed by atoms with Crippen molar-refractivity contribution in [2.24, 2.45) is 11.8 Å². The summed E-state index contributed by atoms with van der Waals surface area (Å²) in [5, 5.41) is 0. The molecule has 0 saturated carbocycles. The van der Waals surface area contributed by atoms with Crippen LogP contribution in [-0.2, 0) is 0 Å². The molecule has 2 heteroatoms. The van der Waals surface area contributed by atoms with Crippen LogP contribution in [0.4, 0.5) is 0 Å². The van der Waals surface area contributed by atoms with Crippen molar-refractivity contribution in [3.63, 3.8) is 0 Å². The van der Waals surface area contributed by atoms with Gasteiger partial charge in [0.05, 0.1) is 0 Å². The van der Waals surface area contributed by atoms with Crippen LogP contribution in [0.1, 0.15) is 55.8 Å². The van der Waals surface area contributed by atoms with Crippen molar-refractivity contribution >= 4 is 0 Å². The number of aryl methyl sites for hydroxylation is 1. The molecule has 1 unspecified atom stereocenters. The summed E-state index contributed by atoms with van der Waals surface area (Å²) in [4.78, 5) is 0. The van der Waals surface area contributed by atoms with Crippen molar-refractivity contribution in [1.82, 2.24) is 5.43 Å². The molecular weight excluding hydrogens is 208 g/mol. The average Bonchev–Trinajstić information content (AvgIpc) is 2.28. The minimum absolute atomic E-state index is 0.286. The minimum atomic E-state index is 0.286. The molecule has 0 fully saturated rings. The van der Waals surface area contributed by atoms with E-state index in [0.717, 1.165) is 12.3 Å².